The fourth-order valence-corrected chi connectivity index (χ4v) is 3.99. The largest absolute Gasteiger partial charge is 0.497 e. The van der Waals surface area contributed by atoms with Gasteiger partial charge in [0.15, 0.2) is 5.78 Å². The molecule has 0 unspecified atom stereocenters. The topological polar surface area (TPSA) is 26.3 Å². The minimum atomic E-state index is 0.163. The Morgan fingerprint density at radius 2 is 1.81 bits per heavy atom. The Kier molecular flexibility index (Phi) is 6.49. The summed E-state index contributed by atoms with van der Waals surface area (Å²) in [5, 5.41) is 0. The van der Waals surface area contributed by atoms with Crippen molar-refractivity contribution in [2.75, 3.05) is 7.11 Å². The van der Waals surface area contributed by atoms with Crippen molar-refractivity contribution in [2.24, 2.45) is 11.8 Å². The molecular formula is C25H30O2. The molecule has 0 atom stereocenters. The lowest BCUT2D eigenvalue weighted by Gasteiger charge is -2.26. The molecule has 0 aromatic heterocycles. The molecular weight excluding hydrogens is 332 g/mol. The lowest BCUT2D eigenvalue weighted by atomic mass is 9.77. The SMILES string of the molecule is CCC=CC1CCC(C(=O)c2cc(-c3cccc(OC)c3)ccc2C)CC1. The number of benzene rings is 2. The molecule has 1 saturated carbocycles. The van der Waals surface area contributed by atoms with Crippen LogP contribution in [0.5, 0.6) is 5.75 Å². The molecule has 2 aromatic rings. The molecule has 1 aliphatic carbocycles. The van der Waals surface area contributed by atoms with Gasteiger partial charge >= 0.3 is 0 Å². The number of methoxy groups -OCH3 is 1. The van der Waals surface area contributed by atoms with Crippen molar-refractivity contribution in [1.82, 2.24) is 0 Å². The number of aryl methyl sites for hydroxylation is 1. The van der Waals surface area contributed by atoms with Crippen LogP contribution in [0.3, 0.4) is 0 Å². The van der Waals surface area contributed by atoms with Crippen LogP contribution in [0.2, 0.25) is 0 Å². The van der Waals surface area contributed by atoms with Crippen molar-refractivity contribution in [3.8, 4) is 16.9 Å². The highest BCUT2D eigenvalue weighted by molar-refractivity contribution is 6.00. The lowest BCUT2D eigenvalue weighted by molar-refractivity contribution is 0.0879. The van der Waals surface area contributed by atoms with Crippen molar-refractivity contribution in [1.29, 1.82) is 0 Å². The van der Waals surface area contributed by atoms with E-state index in [0.29, 0.717) is 11.7 Å². The third-order valence-corrected chi connectivity index (χ3v) is 5.69. The van der Waals surface area contributed by atoms with Crippen LogP contribution in [0.1, 0.15) is 54.9 Å². The van der Waals surface area contributed by atoms with E-state index in [4.69, 9.17) is 4.74 Å². The second kappa shape index (κ2) is 9.03. The van der Waals surface area contributed by atoms with E-state index in [1.807, 2.05) is 25.1 Å². The number of rotatable bonds is 6. The highest BCUT2D eigenvalue weighted by Gasteiger charge is 2.27. The normalized spacial score (nSPS) is 20.0. The third kappa shape index (κ3) is 4.68. The Balaban J connectivity index is 1.78. The highest BCUT2D eigenvalue weighted by atomic mass is 16.5. The van der Waals surface area contributed by atoms with Crippen LogP contribution in [-0.2, 0) is 0 Å². The van der Waals surface area contributed by atoms with Gasteiger partial charge < -0.3 is 4.74 Å². The first-order valence-corrected chi connectivity index (χ1v) is 10.1. The third-order valence-electron chi connectivity index (χ3n) is 5.69. The van der Waals surface area contributed by atoms with Gasteiger partial charge in [-0.15, -0.1) is 0 Å². The van der Waals surface area contributed by atoms with E-state index in [-0.39, 0.29) is 5.92 Å². The number of carbonyl (C=O) groups excluding carboxylic acids is 1. The summed E-state index contributed by atoms with van der Waals surface area (Å²) in [4.78, 5) is 13.2. The molecule has 0 spiro atoms. The molecule has 2 heteroatoms. The second-order valence-electron chi connectivity index (χ2n) is 7.57. The van der Waals surface area contributed by atoms with E-state index >= 15 is 0 Å². The van der Waals surface area contributed by atoms with Crippen LogP contribution in [0, 0.1) is 18.8 Å². The molecule has 2 nitrogen and oxygen atoms in total. The monoisotopic (exact) mass is 362 g/mol. The van der Waals surface area contributed by atoms with Crippen LogP contribution in [-0.4, -0.2) is 12.9 Å². The Morgan fingerprint density at radius 1 is 1.07 bits per heavy atom. The van der Waals surface area contributed by atoms with Crippen molar-refractivity contribution in [3.63, 3.8) is 0 Å². The van der Waals surface area contributed by atoms with E-state index < -0.39 is 0 Å². The van der Waals surface area contributed by atoms with Crippen LogP contribution < -0.4 is 4.74 Å². The Hall–Kier alpha value is -2.35. The van der Waals surface area contributed by atoms with E-state index in [0.717, 1.165) is 60.1 Å². The standard InChI is InChI=1S/C25H30O2/c1-4-5-7-19-11-14-20(15-12-19)25(26)24-17-22(13-10-18(24)2)21-8-6-9-23(16-21)27-3/h5-10,13,16-17,19-20H,4,11-12,14-15H2,1-3H3. The van der Waals surface area contributed by atoms with E-state index in [1.165, 1.54) is 0 Å². The zero-order valence-corrected chi connectivity index (χ0v) is 16.7. The van der Waals surface area contributed by atoms with Crippen LogP contribution in [0.25, 0.3) is 11.1 Å². The first-order chi connectivity index (χ1) is 13.1. The predicted molar refractivity (Wildman–Crippen MR) is 112 cm³/mol. The van der Waals surface area contributed by atoms with Gasteiger partial charge in [0.25, 0.3) is 0 Å². The maximum atomic E-state index is 13.2. The average molecular weight is 363 g/mol. The van der Waals surface area contributed by atoms with Crippen LogP contribution in [0.4, 0.5) is 0 Å². The Morgan fingerprint density at radius 3 is 2.52 bits per heavy atom. The molecule has 1 aliphatic rings. The van der Waals surface area contributed by atoms with Gasteiger partial charge in [-0.05, 0) is 79.8 Å². The fourth-order valence-electron chi connectivity index (χ4n) is 3.99. The average Bonchev–Trinajstić information content (AvgIpc) is 2.72. The van der Waals surface area contributed by atoms with Gasteiger partial charge in [-0.2, -0.15) is 0 Å². The maximum absolute atomic E-state index is 13.2. The zero-order valence-electron chi connectivity index (χ0n) is 16.7. The maximum Gasteiger partial charge on any atom is 0.166 e. The van der Waals surface area contributed by atoms with Crippen LogP contribution in [0.15, 0.2) is 54.6 Å². The summed E-state index contributed by atoms with van der Waals surface area (Å²) in [6.07, 6.45) is 9.95. The van der Waals surface area contributed by atoms with Crippen LogP contribution >= 0.6 is 0 Å². The van der Waals surface area contributed by atoms with Gasteiger partial charge in [-0.3, -0.25) is 4.79 Å². The van der Waals surface area contributed by atoms with Gasteiger partial charge in [0.2, 0.25) is 0 Å². The molecule has 0 amide bonds. The summed E-state index contributed by atoms with van der Waals surface area (Å²) < 4.78 is 5.34. The molecule has 27 heavy (non-hydrogen) atoms. The number of carbonyl (C=O) groups is 1. The molecule has 0 aliphatic heterocycles. The number of ether oxygens (including phenoxy) is 1. The Labute approximate surface area is 163 Å². The summed E-state index contributed by atoms with van der Waals surface area (Å²) in [6.45, 7) is 4.21. The molecule has 0 radical (unpaired) electrons. The van der Waals surface area contributed by atoms with E-state index in [2.05, 4.69) is 43.3 Å². The molecule has 3 rings (SSSR count). The van der Waals surface area contributed by atoms with E-state index in [1.54, 1.807) is 7.11 Å². The quantitative estimate of drug-likeness (QED) is 0.426. The molecule has 0 bridgehead atoms. The number of hydrogen-bond acceptors (Lipinski definition) is 2. The zero-order chi connectivity index (χ0) is 19.2. The fraction of sp³-hybridized carbons (Fsp3) is 0.400. The van der Waals surface area contributed by atoms with Crippen molar-refractivity contribution in [3.05, 3.63) is 65.7 Å². The van der Waals surface area contributed by atoms with Gasteiger partial charge in [-0.25, -0.2) is 0 Å². The molecule has 1 fully saturated rings. The van der Waals surface area contributed by atoms with Gasteiger partial charge in [-0.1, -0.05) is 43.3 Å². The molecule has 0 N–H and O–H groups in total. The summed E-state index contributed by atoms with van der Waals surface area (Å²) >= 11 is 0. The first-order valence-electron chi connectivity index (χ1n) is 10.1. The Bertz CT molecular complexity index is 811. The number of Topliss-reactive ketones (excluding diaryl/α,β-unsaturated/α-hetero) is 1. The van der Waals surface area contributed by atoms with E-state index in [9.17, 15) is 4.79 Å². The smallest absolute Gasteiger partial charge is 0.166 e. The summed E-state index contributed by atoms with van der Waals surface area (Å²) in [7, 11) is 1.68. The van der Waals surface area contributed by atoms with Crippen molar-refractivity contribution < 1.29 is 9.53 Å². The summed E-state index contributed by atoms with van der Waals surface area (Å²) in [5.74, 6) is 1.96. The first kappa shape index (κ1) is 19.4. The summed E-state index contributed by atoms with van der Waals surface area (Å²) in [5.41, 5.74) is 4.10. The second-order valence-corrected chi connectivity index (χ2v) is 7.57. The van der Waals surface area contributed by atoms with Gasteiger partial charge in [0, 0.05) is 11.5 Å². The predicted octanol–water partition coefficient (Wildman–Crippen LogP) is 6.63. The highest BCUT2D eigenvalue weighted by Crippen LogP contribution is 2.34. The minimum Gasteiger partial charge on any atom is -0.497 e. The molecule has 0 heterocycles. The molecule has 0 saturated heterocycles. The van der Waals surface area contributed by atoms with Gasteiger partial charge in [0.05, 0.1) is 7.11 Å². The number of ketones is 1. The summed E-state index contributed by atoms with van der Waals surface area (Å²) in [6, 6.07) is 14.2. The van der Waals surface area contributed by atoms with Gasteiger partial charge in [0.1, 0.15) is 5.75 Å². The number of hydrogen-bond donors (Lipinski definition) is 0. The lowest BCUT2D eigenvalue weighted by Crippen LogP contribution is -2.22. The molecule has 142 valence electrons. The minimum absolute atomic E-state index is 0.163. The molecule has 2 aromatic carbocycles. The number of allylic oxidation sites excluding steroid dienone is 2. The van der Waals surface area contributed by atoms with Crippen molar-refractivity contribution >= 4 is 5.78 Å². The van der Waals surface area contributed by atoms with Crippen molar-refractivity contribution in [2.45, 2.75) is 46.0 Å².